The maximum absolute atomic E-state index is 12.0. The number of carbonyl (C=O) groups excluding carboxylic acids is 1. The molecule has 92 valence electrons. The predicted molar refractivity (Wildman–Crippen MR) is 78.5 cm³/mol. The Morgan fingerprint density at radius 2 is 1.88 bits per heavy atom. The highest BCUT2D eigenvalue weighted by atomic mass is 127. The average Bonchev–Trinajstić information content (AvgIpc) is 2.33. The van der Waals surface area contributed by atoms with Crippen LogP contribution >= 0.6 is 34.2 Å². The number of hydrogen-bond acceptors (Lipinski definition) is 1. The first-order valence-electron chi connectivity index (χ1n) is 5.87. The first-order valence-corrected chi connectivity index (χ1v) is 7.39. The van der Waals surface area contributed by atoms with Crippen LogP contribution in [0.5, 0.6) is 0 Å². The largest absolute Gasteiger partial charge is 0.348 e. The van der Waals surface area contributed by atoms with Crippen molar-refractivity contribution in [3.8, 4) is 0 Å². The third-order valence-corrected chi connectivity index (χ3v) is 4.35. The molecule has 0 aromatic heterocycles. The quantitative estimate of drug-likeness (QED) is 0.632. The summed E-state index contributed by atoms with van der Waals surface area (Å²) in [6.07, 6.45) is 4.31. The number of hydrogen-bond donors (Lipinski definition) is 1. The summed E-state index contributed by atoms with van der Waals surface area (Å²) < 4.78 is 1.13. The van der Waals surface area contributed by atoms with Crippen molar-refractivity contribution < 1.29 is 4.79 Å². The summed E-state index contributed by atoms with van der Waals surface area (Å²) in [5.74, 6) is -0.0149. The van der Waals surface area contributed by atoms with Crippen molar-refractivity contribution in [2.24, 2.45) is 0 Å². The molecule has 17 heavy (non-hydrogen) atoms. The van der Waals surface area contributed by atoms with Crippen molar-refractivity contribution in [1.29, 1.82) is 0 Å². The Hall–Kier alpha value is -0.290. The zero-order valence-corrected chi connectivity index (χ0v) is 12.4. The van der Waals surface area contributed by atoms with Crippen LogP contribution in [0, 0.1) is 3.57 Å². The zero-order valence-electron chi connectivity index (χ0n) is 9.46. The van der Waals surface area contributed by atoms with Gasteiger partial charge in [0, 0.05) is 15.2 Å². The molecule has 0 spiro atoms. The molecule has 1 saturated carbocycles. The second-order valence-corrected chi connectivity index (χ2v) is 6.19. The molecule has 0 bridgehead atoms. The van der Waals surface area contributed by atoms with Crippen molar-refractivity contribution in [3.05, 3.63) is 33.4 Å². The van der Waals surface area contributed by atoms with Crippen molar-refractivity contribution >= 4 is 40.1 Å². The van der Waals surface area contributed by atoms with Crippen LogP contribution in [-0.4, -0.2) is 17.3 Å². The summed E-state index contributed by atoms with van der Waals surface area (Å²) in [7, 11) is 0. The Labute approximate surface area is 120 Å². The van der Waals surface area contributed by atoms with Gasteiger partial charge in [0.25, 0.3) is 5.91 Å². The summed E-state index contributed by atoms with van der Waals surface area (Å²) in [6, 6.07) is 7.70. The monoisotopic (exact) mass is 363 g/mol. The Balaban J connectivity index is 1.98. The van der Waals surface area contributed by atoms with Crippen molar-refractivity contribution in [2.75, 3.05) is 0 Å². The van der Waals surface area contributed by atoms with Gasteiger partial charge in [-0.2, -0.15) is 0 Å². The SMILES string of the molecule is O=C(NC1CCCCC1Cl)c1ccc(I)cc1. The van der Waals surface area contributed by atoms with E-state index in [-0.39, 0.29) is 17.3 Å². The zero-order chi connectivity index (χ0) is 12.3. The van der Waals surface area contributed by atoms with Crippen LogP contribution in [0.15, 0.2) is 24.3 Å². The van der Waals surface area contributed by atoms with Gasteiger partial charge in [-0.25, -0.2) is 0 Å². The van der Waals surface area contributed by atoms with Gasteiger partial charge < -0.3 is 5.32 Å². The maximum atomic E-state index is 12.0. The molecule has 4 heteroatoms. The van der Waals surface area contributed by atoms with Crippen molar-refractivity contribution in [3.63, 3.8) is 0 Å². The maximum Gasteiger partial charge on any atom is 0.251 e. The van der Waals surface area contributed by atoms with Gasteiger partial charge >= 0.3 is 0 Å². The molecular weight excluding hydrogens is 349 g/mol. The van der Waals surface area contributed by atoms with Crippen LogP contribution in [-0.2, 0) is 0 Å². The second-order valence-electron chi connectivity index (χ2n) is 4.39. The third kappa shape index (κ3) is 3.58. The lowest BCUT2D eigenvalue weighted by molar-refractivity contribution is 0.0928. The molecule has 0 aliphatic heterocycles. The number of halogens is 2. The number of amides is 1. The molecule has 2 rings (SSSR count). The van der Waals surface area contributed by atoms with Gasteiger partial charge in [-0.15, -0.1) is 11.6 Å². The Morgan fingerprint density at radius 1 is 1.24 bits per heavy atom. The summed E-state index contributed by atoms with van der Waals surface area (Å²) in [5, 5.41) is 3.11. The summed E-state index contributed by atoms with van der Waals surface area (Å²) in [6.45, 7) is 0. The lowest BCUT2D eigenvalue weighted by atomic mass is 9.94. The second kappa shape index (κ2) is 6.05. The molecule has 0 radical (unpaired) electrons. The predicted octanol–water partition coefficient (Wildman–Crippen LogP) is 3.57. The van der Waals surface area contributed by atoms with Crippen LogP contribution in [0.3, 0.4) is 0 Å². The molecule has 1 aromatic rings. The normalized spacial score (nSPS) is 24.4. The van der Waals surface area contributed by atoms with Crippen LogP contribution < -0.4 is 5.32 Å². The molecule has 2 atom stereocenters. The van der Waals surface area contributed by atoms with Gasteiger partial charge in [0.2, 0.25) is 0 Å². The highest BCUT2D eigenvalue weighted by molar-refractivity contribution is 14.1. The molecule has 1 aromatic carbocycles. The minimum absolute atomic E-state index is 0.0149. The van der Waals surface area contributed by atoms with E-state index in [1.54, 1.807) is 0 Å². The Kier molecular flexibility index (Phi) is 4.68. The molecule has 1 fully saturated rings. The lowest BCUT2D eigenvalue weighted by Gasteiger charge is -2.27. The van der Waals surface area contributed by atoms with E-state index in [1.165, 1.54) is 6.42 Å². The summed E-state index contributed by atoms with van der Waals surface area (Å²) in [5.41, 5.74) is 0.708. The van der Waals surface area contributed by atoms with Gasteiger partial charge in [-0.1, -0.05) is 12.8 Å². The van der Waals surface area contributed by atoms with Gasteiger partial charge in [-0.05, 0) is 59.7 Å². The number of alkyl halides is 1. The van der Waals surface area contributed by atoms with E-state index in [4.69, 9.17) is 11.6 Å². The molecule has 2 unspecified atom stereocenters. The molecule has 1 N–H and O–H groups in total. The first-order chi connectivity index (χ1) is 8.16. The van der Waals surface area contributed by atoms with E-state index >= 15 is 0 Å². The minimum Gasteiger partial charge on any atom is -0.348 e. The number of benzene rings is 1. The van der Waals surface area contributed by atoms with Crippen LogP contribution in [0.4, 0.5) is 0 Å². The van der Waals surface area contributed by atoms with E-state index in [2.05, 4.69) is 27.9 Å². The number of carbonyl (C=O) groups is 1. The molecule has 0 saturated heterocycles. The van der Waals surface area contributed by atoms with Crippen molar-refractivity contribution in [2.45, 2.75) is 37.1 Å². The molecule has 1 aliphatic carbocycles. The number of rotatable bonds is 2. The van der Waals surface area contributed by atoms with E-state index < -0.39 is 0 Å². The highest BCUT2D eigenvalue weighted by Crippen LogP contribution is 2.23. The minimum atomic E-state index is -0.0149. The van der Waals surface area contributed by atoms with Crippen molar-refractivity contribution in [1.82, 2.24) is 5.32 Å². The van der Waals surface area contributed by atoms with E-state index in [0.717, 1.165) is 22.8 Å². The molecule has 0 heterocycles. The van der Waals surface area contributed by atoms with Gasteiger partial charge in [0.1, 0.15) is 0 Å². The number of nitrogens with one attached hydrogen (secondary N) is 1. The fraction of sp³-hybridized carbons (Fsp3) is 0.462. The fourth-order valence-corrected chi connectivity index (χ4v) is 2.80. The summed E-state index contributed by atoms with van der Waals surface area (Å²) >= 11 is 8.45. The fourth-order valence-electron chi connectivity index (χ4n) is 2.10. The first kappa shape index (κ1) is 13.1. The molecule has 1 amide bonds. The summed E-state index contributed by atoms with van der Waals surface area (Å²) in [4.78, 5) is 12.0. The molecule has 1 aliphatic rings. The smallest absolute Gasteiger partial charge is 0.251 e. The standard InChI is InChI=1S/C13H15ClINO/c14-11-3-1-2-4-12(11)16-13(17)9-5-7-10(15)8-6-9/h5-8,11-12H,1-4H2,(H,16,17). The Morgan fingerprint density at radius 3 is 2.53 bits per heavy atom. The van der Waals surface area contributed by atoms with Gasteiger partial charge in [0.05, 0.1) is 5.38 Å². The van der Waals surface area contributed by atoms with Crippen LogP contribution in [0.1, 0.15) is 36.0 Å². The molecule has 2 nitrogen and oxygen atoms in total. The van der Waals surface area contributed by atoms with Crippen LogP contribution in [0.25, 0.3) is 0 Å². The van der Waals surface area contributed by atoms with E-state index in [9.17, 15) is 4.79 Å². The average molecular weight is 364 g/mol. The van der Waals surface area contributed by atoms with Crippen LogP contribution in [0.2, 0.25) is 0 Å². The topological polar surface area (TPSA) is 29.1 Å². The van der Waals surface area contributed by atoms with Gasteiger partial charge in [-0.3, -0.25) is 4.79 Å². The van der Waals surface area contributed by atoms with Gasteiger partial charge in [0.15, 0.2) is 0 Å². The molecular formula is C13H15ClINO. The van der Waals surface area contributed by atoms with E-state index in [0.29, 0.717) is 5.56 Å². The van der Waals surface area contributed by atoms with E-state index in [1.807, 2.05) is 24.3 Å². The Bertz CT molecular complexity index is 393. The third-order valence-electron chi connectivity index (χ3n) is 3.10. The lowest BCUT2D eigenvalue weighted by Crippen LogP contribution is -2.42. The highest BCUT2D eigenvalue weighted by Gasteiger charge is 2.24.